The van der Waals surface area contributed by atoms with Crippen molar-refractivity contribution in [3.8, 4) is 58.3 Å². The van der Waals surface area contributed by atoms with E-state index in [1.54, 1.807) is 36.2 Å². The Morgan fingerprint density at radius 1 is 0.523 bits per heavy atom. The van der Waals surface area contributed by atoms with Crippen LogP contribution in [0.3, 0.4) is 0 Å². The number of carbonyl (C=O) groups is 6. The minimum Gasteiger partial charge on any atom is -0.497 e. The van der Waals surface area contributed by atoms with Gasteiger partial charge in [0.2, 0.25) is 13.9 Å². The van der Waals surface area contributed by atoms with E-state index in [2.05, 4.69) is 26.7 Å². The van der Waals surface area contributed by atoms with E-state index in [4.69, 9.17) is 161 Å². The number of fused-ring (bicyclic) bond motifs is 4. The lowest BCUT2D eigenvalue weighted by atomic mass is 9.98. The number of anilines is 2. The highest BCUT2D eigenvalue weighted by Gasteiger charge is 2.53. The molecule has 1 saturated heterocycles. The predicted molar refractivity (Wildman–Crippen MR) is 479 cm³/mol. The fourth-order valence-corrected chi connectivity index (χ4v) is 15.7. The maximum atomic E-state index is 15.4. The molecule has 128 heavy (non-hydrogen) atoms. The van der Waals surface area contributed by atoms with Gasteiger partial charge in [0.1, 0.15) is 74.3 Å². The van der Waals surface area contributed by atoms with Crippen LogP contribution in [-0.2, 0) is 63.3 Å². The standard InChI is InChI=1S/C89H110Cl6N4O28Si/c1-11-29-119-70-45-63(125-84-78(103)76(101)77(102)79(126-84)83(106)107)28-23-58(70)52-122-75(100)18-12-30-113-31-13-32-114-33-14-34-115-35-15-36-116-37-16-38-117-41-42-118-62-26-21-57(22-27-62)60-44-69-82(127-128(9,10)87(3,4)5)99(86(109)124-54-89(93,94)95)68-49-74(72(112-8)47-65(68)81(105)97(69)51-60)121-40-17-39-120-73-48-67-64(46-71(73)111-7)80(104)96-50-59(56-19-24-61(110-6)25-20-56)43-66(96)55(2)98(67)85(108)123-53-88(90,91)92/h1,19-28,45-51,55,66,69,76-79,82,84,101-103H,12-18,29-44,52-54H2,2-10H3,(H,106,107)/t55-,66?,69?,76+,77+,78-,79+,82-,84-/m1/s1. The van der Waals surface area contributed by atoms with Crippen LogP contribution in [-0.4, -0.2) is 264 Å². The quantitative estimate of drug-likeness (QED) is 0.00702. The van der Waals surface area contributed by atoms with Crippen molar-refractivity contribution in [1.82, 2.24) is 9.80 Å². The molecule has 0 saturated carbocycles. The molecule has 0 radical (unpaired) electrons. The zero-order valence-electron chi connectivity index (χ0n) is 72.6. The number of alkyl halides is 6. The largest absolute Gasteiger partial charge is 0.497 e. The summed E-state index contributed by atoms with van der Waals surface area (Å²) in [7, 11) is 1.54. The van der Waals surface area contributed by atoms with E-state index in [1.165, 1.54) is 66.5 Å². The summed E-state index contributed by atoms with van der Waals surface area (Å²) in [5, 5.41) is 39.4. The van der Waals surface area contributed by atoms with Gasteiger partial charge in [-0.25, -0.2) is 19.3 Å². The Labute approximate surface area is 774 Å². The Kier molecular flexibility index (Phi) is 37.8. The lowest BCUT2D eigenvalue weighted by molar-refractivity contribution is -0.271. The normalized spacial score (nSPS) is 19.8. The van der Waals surface area contributed by atoms with Crippen molar-refractivity contribution >= 4 is 136 Å². The fourth-order valence-electron chi connectivity index (χ4n) is 14.2. The van der Waals surface area contributed by atoms with Crippen LogP contribution in [0.5, 0.6) is 46.0 Å². The minimum atomic E-state index is -2.88. The van der Waals surface area contributed by atoms with Crippen LogP contribution in [0.25, 0.3) is 11.1 Å². The number of esters is 1. The molecule has 2 unspecified atom stereocenters. The summed E-state index contributed by atoms with van der Waals surface area (Å²) in [4.78, 5) is 89.3. The van der Waals surface area contributed by atoms with Crippen molar-refractivity contribution in [2.45, 2.75) is 173 Å². The van der Waals surface area contributed by atoms with E-state index >= 15 is 9.59 Å². The number of terminal acetylenes is 1. The summed E-state index contributed by atoms with van der Waals surface area (Å²) in [6.45, 7) is 15.6. The maximum Gasteiger partial charge on any atom is 0.416 e. The Bertz CT molecular complexity index is 4680. The number of aliphatic hydroxyl groups is 3. The lowest BCUT2D eigenvalue weighted by Crippen LogP contribution is -2.61. The number of methoxy groups -OCH3 is 3. The molecule has 5 aliphatic heterocycles. The third-order valence-electron chi connectivity index (χ3n) is 21.8. The van der Waals surface area contributed by atoms with E-state index < -0.39 is 125 Å². The molecular formula is C89H110Cl6N4O28Si. The predicted octanol–water partition coefficient (Wildman–Crippen LogP) is 14.3. The zero-order valence-corrected chi connectivity index (χ0v) is 78.2. The van der Waals surface area contributed by atoms with Gasteiger partial charge in [0.15, 0.2) is 43.6 Å². The number of aliphatic hydroxyl groups excluding tert-OH is 3. The fraction of sp³-hybridized carbons (Fsp3) is 0.528. The second kappa shape index (κ2) is 47.6. The van der Waals surface area contributed by atoms with Crippen LogP contribution in [0, 0.1) is 12.3 Å². The first-order chi connectivity index (χ1) is 61.0. The van der Waals surface area contributed by atoms with Crippen LogP contribution in [0.4, 0.5) is 21.0 Å². The summed E-state index contributed by atoms with van der Waals surface area (Å²) in [5.74, 6) is 1.56. The SMILES string of the molecule is C#CCOc1cc(O[C@@H]2O[C@H](C(=O)O)[C@@H](O)[C@H](O)[C@H]2O)ccc1COC(=O)CCCOCCCOCCCOCCCOCCCOCCOc1ccc(C2=CN3C(=O)c4cc(OC)c(OCCCOc5cc6c(cc5OC)C(=O)N5C=C(c7ccc(OC)cc7)CC5[C@@H](C)N6C(=O)OCC(Cl)(Cl)Cl)cc4N(C(=O)OCC(Cl)(Cl)Cl)[C@H](O[Si](C)(C)C(C)(C)C)C3C2)cc1. The number of amides is 4. The van der Waals surface area contributed by atoms with Gasteiger partial charge in [-0.3, -0.25) is 19.3 Å². The van der Waals surface area contributed by atoms with Crippen LogP contribution >= 0.6 is 69.6 Å². The van der Waals surface area contributed by atoms with E-state index in [9.17, 15) is 39.6 Å². The van der Waals surface area contributed by atoms with Crippen molar-refractivity contribution in [2.24, 2.45) is 0 Å². The third-order valence-corrected chi connectivity index (χ3v) is 26.9. The number of hydrogen-bond acceptors (Lipinski definition) is 27. The molecule has 39 heteroatoms. The first kappa shape index (κ1) is 102. The molecule has 0 spiro atoms. The number of benzene rings is 5. The van der Waals surface area contributed by atoms with Gasteiger partial charge < -0.3 is 115 Å². The van der Waals surface area contributed by atoms with Crippen molar-refractivity contribution in [2.75, 3.05) is 137 Å². The molecule has 1 fully saturated rings. The molecule has 9 atom stereocenters. The zero-order chi connectivity index (χ0) is 92.6. The number of hydrogen-bond donors (Lipinski definition) is 4. The summed E-state index contributed by atoms with van der Waals surface area (Å²) >= 11 is 36.9. The minimum absolute atomic E-state index is 0.00145. The van der Waals surface area contributed by atoms with Gasteiger partial charge in [0.05, 0.1) is 81.8 Å². The number of carboxylic acids is 1. The van der Waals surface area contributed by atoms with Crippen molar-refractivity contribution < 1.29 is 134 Å². The Morgan fingerprint density at radius 2 is 0.992 bits per heavy atom. The van der Waals surface area contributed by atoms with Crippen molar-refractivity contribution in [3.05, 3.63) is 131 Å². The highest BCUT2D eigenvalue weighted by atomic mass is 35.6. The highest BCUT2D eigenvalue weighted by Crippen LogP contribution is 2.49. The van der Waals surface area contributed by atoms with E-state index in [0.717, 1.165) is 35.1 Å². The number of halogens is 6. The van der Waals surface area contributed by atoms with Gasteiger partial charge in [0.25, 0.3) is 11.8 Å². The number of rotatable bonds is 46. The smallest absolute Gasteiger partial charge is 0.416 e. The second-order valence-electron chi connectivity index (χ2n) is 31.9. The van der Waals surface area contributed by atoms with E-state index in [0.29, 0.717) is 109 Å². The molecule has 5 heterocycles. The third kappa shape index (κ3) is 27.8. The molecule has 0 aliphatic carbocycles. The second-order valence-corrected chi connectivity index (χ2v) is 41.7. The average molecular weight is 1920 g/mol. The first-order valence-corrected chi connectivity index (χ1v) is 46.9. The van der Waals surface area contributed by atoms with Gasteiger partial charge >= 0.3 is 24.1 Å². The molecule has 10 rings (SSSR count). The molecule has 32 nitrogen and oxygen atoms in total. The van der Waals surface area contributed by atoms with Crippen LogP contribution < -0.4 is 47.7 Å². The Hall–Kier alpha value is -8.48. The summed E-state index contributed by atoms with van der Waals surface area (Å²) < 4.78 is 101. The van der Waals surface area contributed by atoms with Gasteiger partial charge in [0, 0.05) is 108 Å². The molecule has 5 aromatic rings. The van der Waals surface area contributed by atoms with E-state index in [-0.39, 0.29) is 109 Å². The van der Waals surface area contributed by atoms with Gasteiger partial charge in [-0.2, -0.15) is 0 Å². The van der Waals surface area contributed by atoms with E-state index in [1.807, 2.05) is 61.6 Å². The molecule has 4 N–H and O–H groups in total. The highest BCUT2D eigenvalue weighted by molar-refractivity contribution is 6.74. The van der Waals surface area contributed by atoms with Gasteiger partial charge in [-0.05, 0) is 141 Å². The topological polar surface area (TPSA) is 362 Å². The first-order valence-electron chi connectivity index (χ1n) is 41.7. The lowest BCUT2D eigenvalue weighted by Gasteiger charge is -2.44. The molecule has 0 bridgehead atoms. The molecular weight excluding hydrogens is 1810 g/mol. The van der Waals surface area contributed by atoms with Crippen LogP contribution in [0.15, 0.2) is 103 Å². The summed E-state index contributed by atoms with van der Waals surface area (Å²) in [6, 6.07) is 23.2. The molecule has 5 aliphatic rings. The van der Waals surface area contributed by atoms with Gasteiger partial charge in [-0.1, -0.05) is 121 Å². The molecule has 0 aromatic heterocycles. The summed E-state index contributed by atoms with van der Waals surface area (Å²) in [6.07, 6.45) is 1.05. The Morgan fingerprint density at radius 3 is 1.48 bits per heavy atom. The van der Waals surface area contributed by atoms with Crippen molar-refractivity contribution in [1.29, 1.82) is 0 Å². The van der Waals surface area contributed by atoms with Gasteiger partial charge in [-0.15, -0.1) is 6.42 Å². The molecule has 5 aromatic carbocycles. The maximum absolute atomic E-state index is 15.4. The summed E-state index contributed by atoms with van der Waals surface area (Å²) in [5.41, 5.74) is 4.11. The number of nitrogens with zero attached hydrogens (tertiary/aromatic N) is 4. The number of ether oxygens (including phenoxy) is 17. The number of carboxylic acid groups (broad SMARTS) is 1. The molecule has 700 valence electrons. The van der Waals surface area contributed by atoms with Crippen LogP contribution in [0.2, 0.25) is 18.1 Å². The van der Waals surface area contributed by atoms with Crippen LogP contribution in [0.1, 0.15) is 123 Å². The monoisotopic (exact) mass is 1920 g/mol. The number of carbonyl (C=O) groups excluding carboxylic acids is 5. The van der Waals surface area contributed by atoms with Crippen molar-refractivity contribution in [3.63, 3.8) is 0 Å². The molecule has 4 amide bonds. The average Bonchev–Trinajstić information content (AvgIpc) is 1.59. The number of aliphatic carboxylic acids is 1. The Balaban J connectivity index is 0.648.